The summed E-state index contributed by atoms with van der Waals surface area (Å²) in [6.45, 7) is 2.58. The number of rotatable bonds is 8. The molecule has 1 N–H and O–H groups in total. The van der Waals surface area contributed by atoms with E-state index in [9.17, 15) is 9.59 Å². The maximum atomic E-state index is 12.8. The molecular formula is C25H26N2O3. The summed E-state index contributed by atoms with van der Waals surface area (Å²) in [5, 5.41) is 5.20. The molecule has 3 aromatic rings. The van der Waals surface area contributed by atoms with Crippen molar-refractivity contribution in [3.63, 3.8) is 0 Å². The minimum atomic E-state index is -0.0326. The topological polar surface area (TPSA) is 58.6 Å². The van der Waals surface area contributed by atoms with Crippen LogP contribution in [0.4, 0.5) is 5.69 Å². The Morgan fingerprint density at radius 2 is 1.80 bits per heavy atom. The summed E-state index contributed by atoms with van der Waals surface area (Å²) >= 11 is 0. The Labute approximate surface area is 176 Å². The van der Waals surface area contributed by atoms with Gasteiger partial charge < -0.3 is 15.0 Å². The van der Waals surface area contributed by atoms with Gasteiger partial charge in [0.05, 0.1) is 18.8 Å². The lowest BCUT2D eigenvalue weighted by atomic mass is 10.0. The van der Waals surface area contributed by atoms with Gasteiger partial charge in [0.25, 0.3) is 5.91 Å². The monoisotopic (exact) mass is 402 g/mol. The third kappa shape index (κ3) is 3.75. The number of amides is 2. The van der Waals surface area contributed by atoms with Gasteiger partial charge >= 0.3 is 0 Å². The first-order valence-electron chi connectivity index (χ1n) is 10.4. The molecule has 0 unspecified atom stereocenters. The summed E-state index contributed by atoms with van der Waals surface area (Å²) in [5.74, 6) is 0.818. The number of hydrogen-bond acceptors (Lipinski definition) is 3. The molecule has 30 heavy (non-hydrogen) atoms. The fraction of sp³-hybridized carbons (Fsp3) is 0.280. The van der Waals surface area contributed by atoms with Crippen LogP contribution in [0.1, 0.15) is 48.1 Å². The Balaban J connectivity index is 1.36. The SMILES string of the molecule is CC[C@@H](NC(=O)CCCN1C(=O)c2cccc3cccc1c23)c1ccc(OC)cc1. The van der Waals surface area contributed by atoms with E-state index in [-0.39, 0.29) is 17.9 Å². The number of carbonyl (C=O) groups is 2. The third-order valence-electron chi connectivity index (χ3n) is 5.70. The van der Waals surface area contributed by atoms with E-state index >= 15 is 0 Å². The number of nitrogens with one attached hydrogen (secondary N) is 1. The highest BCUT2D eigenvalue weighted by molar-refractivity contribution is 6.25. The highest BCUT2D eigenvalue weighted by Crippen LogP contribution is 2.37. The fourth-order valence-corrected chi connectivity index (χ4v) is 4.12. The van der Waals surface area contributed by atoms with Crippen LogP contribution in [0.5, 0.6) is 5.75 Å². The zero-order chi connectivity index (χ0) is 21.1. The molecule has 0 aromatic heterocycles. The van der Waals surface area contributed by atoms with Crippen LogP contribution < -0.4 is 15.0 Å². The van der Waals surface area contributed by atoms with E-state index < -0.39 is 0 Å². The number of methoxy groups -OCH3 is 1. The Kier molecular flexibility index (Phi) is 5.70. The molecule has 154 valence electrons. The van der Waals surface area contributed by atoms with Crippen LogP contribution >= 0.6 is 0 Å². The maximum Gasteiger partial charge on any atom is 0.258 e. The summed E-state index contributed by atoms with van der Waals surface area (Å²) in [7, 11) is 1.64. The largest absolute Gasteiger partial charge is 0.497 e. The van der Waals surface area contributed by atoms with Gasteiger partial charge in [-0.25, -0.2) is 0 Å². The first-order chi connectivity index (χ1) is 14.6. The quantitative estimate of drug-likeness (QED) is 0.586. The Morgan fingerprint density at radius 1 is 1.07 bits per heavy atom. The van der Waals surface area contributed by atoms with E-state index in [4.69, 9.17) is 4.74 Å². The maximum absolute atomic E-state index is 12.8. The average Bonchev–Trinajstić information content (AvgIpc) is 3.06. The van der Waals surface area contributed by atoms with Crippen molar-refractivity contribution in [2.45, 2.75) is 32.2 Å². The van der Waals surface area contributed by atoms with Gasteiger partial charge in [-0.15, -0.1) is 0 Å². The van der Waals surface area contributed by atoms with Gasteiger partial charge in [0.1, 0.15) is 5.75 Å². The van der Waals surface area contributed by atoms with Crippen LogP contribution in [-0.2, 0) is 4.79 Å². The molecule has 1 atom stereocenters. The van der Waals surface area contributed by atoms with Crippen LogP contribution in [0.3, 0.4) is 0 Å². The molecule has 0 saturated carbocycles. The standard InChI is InChI=1S/C25H26N2O3/c1-3-21(17-12-14-19(30-2)15-13-17)26-23(28)11-6-16-27-22-10-5-8-18-7-4-9-20(24(18)22)25(27)29/h4-5,7-10,12-15,21H,3,6,11,16H2,1-2H3,(H,26,28)/t21-/m1/s1. The molecule has 5 heteroatoms. The van der Waals surface area contributed by atoms with Crippen LogP contribution in [0, 0.1) is 0 Å². The van der Waals surface area contributed by atoms with Crippen molar-refractivity contribution in [2.75, 3.05) is 18.6 Å². The van der Waals surface area contributed by atoms with Crippen molar-refractivity contribution in [2.24, 2.45) is 0 Å². The molecule has 2 amide bonds. The Bertz CT molecular complexity index is 1070. The second-order valence-corrected chi connectivity index (χ2v) is 7.54. The normalized spacial score (nSPS) is 13.5. The zero-order valence-electron chi connectivity index (χ0n) is 17.4. The predicted octanol–water partition coefficient (Wildman–Crippen LogP) is 4.86. The molecule has 4 rings (SSSR count). The number of benzene rings is 3. The second-order valence-electron chi connectivity index (χ2n) is 7.54. The van der Waals surface area contributed by atoms with Crippen LogP contribution in [0.25, 0.3) is 10.8 Å². The van der Waals surface area contributed by atoms with Crippen molar-refractivity contribution < 1.29 is 14.3 Å². The molecule has 0 fully saturated rings. The lowest BCUT2D eigenvalue weighted by Gasteiger charge is -2.20. The number of anilines is 1. The van der Waals surface area contributed by atoms with E-state index in [2.05, 4.69) is 12.2 Å². The molecule has 1 aliphatic heterocycles. The molecule has 5 nitrogen and oxygen atoms in total. The van der Waals surface area contributed by atoms with Crippen molar-refractivity contribution >= 4 is 28.3 Å². The summed E-state index contributed by atoms with van der Waals surface area (Å²) in [6, 6.07) is 19.5. The van der Waals surface area contributed by atoms with Crippen molar-refractivity contribution in [1.82, 2.24) is 5.32 Å². The molecule has 0 radical (unpaired) electrons. The first kappa shape index (κ1) is 20.0. The van der Waals surface area contributed by atoms with Crippen molar-refractivity contribution in [1.29, 1.82) is 0 Å². The van der Waals surface area contributed by atoms with E-state index in [0.29, 0.717) is 19.4 Å². The van der Waals surface area contributed by atoms with Gasteiger partial charge in [-0.2, -0.15) is 0 Å². The van der Waals surface area contributed by atoms with Gasteiger partial charge in [-0.1, -0.05) is 43.3 Å². The molecule has 0 saturated heterocycles. The van der Waals surface area contributed by atoms with Crippen LogP contribution in [-0.4, -0.2) is 25.5 Å². The lowest BCUT2D eigenvalue weighted by molar-refractivity contribution is -0.121. The van der Waals surface area contributed by atoms with Crippen molar-refractivity contribution in [3.8, 4) is 5.75 Å². The zero-order valence-corrected chi connectivity index (χ0v) is 17.4. The van der Waals surface area contributed by atoms with Gasteiger partial charge in [0.2, 0.25) is 5.91 Å². The highest BCUT2D eigenvalue weighted by atomic mass is 16.5. The average molecular weight is 402 g/mol. The van der Waals surface area contributed by atoms with Crippen LogP contribution in [0.15, 0.2) is 60.7 Å². The number of hydrogen-bond donors (Lipinski definition) is 1. The molecule has 0 aliphatic carbocycles. The summed E-state index contributed by atoms with van der Waals surface area (Å²) in [6.07, 6.45) is 1.80. The Hall–Kier alpha value is -3.34. The minimum Gasteiger partial charge on any atom is -0.497 e. The van der Waals surface area contributed by atoms with E-state index in [0.717, 1.165) is 39.8 Å². The Morgan fingerprint density at radius 3 is 2.50 bits per heavy atom. The summed E-state index contributed by atoms with van der Waals surface area (Å²) in [5.41, 5.74) is 2.75. The van der Waals surface area contributed by atoms with Gasteiger partial charge in [-0.3, -0.25) is 9.59 Å². The number of nitrogens with zero attached hydrogens (tertiary/aromatic N) is 1. The van der Waals surface area contributed by atoms with Crippen LogP contribution in [0.2, 0.25) is 0 Å². The summed E-state index contributed by atoms with van der Waals surface area (Å²) in [4.78, 5) is 27.2. The third-order valence-corrected chi connectivity index (χ3v) is 5.70. The molecule has 0 spiro atoms. The molecule has 1 heterocycles. The van der Waals surface area contributed by atoms with Gasteiger partial charge in [0, 0.05) is 23.9 Å². The van der Waals surface area contributed by atoms with Gasteiger partial charge in [-0.05, 0) is 48.1 Å². The second kappa shape index (κ2) is 8.57. The summed E-state index contributed by atoms with van der Waals surface area (Å²) < 4.78 is 5.20. The molecule has 0 bridgehead atoms. The predicted molar refractivity (Wildman–Crippen MR) is 119 cm³/mol. The first-order valence-corrected chi connectivity index (χ1v) is 10.4. The van der Waals surface area contributed by atoms with E-state index in [1.807, 2.05) is 60.7 Å². The minimum absolute atomic E-state index is 0.0000340. The lowest BCUT2D eigenvalue weighted by Crippen LogP contribution is -2.31. The van der Waals surface area contributed by atoms with E-state index in [1.165, 1.54) is 0 Å². The number of ether oxygens (including phenoxy) is 1. The van der Waals surface area contributed by atoms with E-state index in [1.54, 1.807) is 12.0 Å². The molecular weight excluding hydrogens is 376 g/mol. The van der Waals surface area contributed by atoms with Gasteiger partial charge in [0.15, 0.2) is 0 Å². The van der Waals surface area contributed by atoms with Crippen molar-refractivity contribution in [3.05, 3.63) is 71.8 Å². The molecule has 3 aromatic carbocycles. The molecule has 1 aliphatic rings. The number of carbonyl (C=O) groups excluding carboxylic acids is 2. The fourth-order valence-electron chi connectivity index (χ4n) is 4.12. The highest BCUT2D eigenvalue weighted by Gasteiger charge is 2.29. The smallest absolute Gasteiger partial charge is 0.258 e.